The van der Waals surface area contributed by atoms with Crippen LogP contribution in [0.15, 0.2) is 24.3 Å². The maximum Gasteiger partial charge on any atom is 0.416 e. The van der Waals surface area contributed by atoms with E-state index in [-0.39, 0.29) is 19.2 Å². The number of halogens is 6. The summed E-state index contributed by atoms with van der Waals surface area (Å²) >= 11 is 0. The van der Waals surface area contributed by atoms with Crippen molar-refractivity contribution >= 4 is 23.4 Å². The Balaban J connectivity index is 1.97. The Morgan fingerprint density at radius 1 is 0.935 bits per heavy atom. The van der Waals surface area contributed by atoms with Gasteiger partial charge in [-0.1, -0.05) is 0 Å². The van der Waals surface area contributed by atoms with Gasteiger partial charge in [0.1, 0.15) is 17.5 Å². The summed E-state index contributed by atoms with van der Waals surface area (Å²) in [6.45, 7) is 1.93. The molecule has 170 valence electrons. The lowest BCUT2D eigenvalue weighted by molar-refractivity contribution is -0.143. The van der Waals surface area contributed by atoms with Gasteiger partial charge in [-0.2, -0.15) is 26.3 Å². The van der Waals surface area contributed by atoms with Gasteiger partial charge in [0, 0.05) is 38.9 Å². The molecule has 2 amide bonds. The molecule has 0 saturated carbocycles. The van der Waals surface area contributed by atoms with E-state index in [1.165, 1.54) is 0 Å². The van der Waals surface area contributed by atoms with Gasteiger partial charge in [-0.3, -0.25) is 0 Å². The van der Waals surface area contributed by atoms with Gasteiger partial charge in [0.05, 0.1) is 11.1 Å². The Hall–Kier alpha value is -3.25. The van der Waals surface area contributed by atoms with E-state index in [0.717, 1.165) is 0 Å². The number of aryl methyl sites for hydroxylation is 1. The zero-order valence-corrected chi connectivity index (χ0v) is 16.7. The molecule has 0 radical (unpaired) electrons. The van der Waals surface area contributed by atoms with E-state index in [1.54, 1.807) is 32.0 Å². The molecule has 0 aliphatic carbocycles. The van der Waals surface area contributed by atoms with Crippen molar-refractivity contribution in [2.75, 3.05) is 42.7 Å². The standard InChI is InChI=1S/C18H20F6N6O/c1-10-27-14(9-15(28-10)30(2)3)25-4-5-26-16(31)29-13-7-11(17(19,20)21)6-12(8-13)18(22,23)24/h6-9H,4-5H2,1-3H3,(H,25,27,28)(H2,26,29,31). The molecule has 13 heteroatoms. The highest BCUT2D eigenvalue weighted by atomic mass is 19.4. The fourth-order valence-electron chi connectivity index (χ4n) is 2.44. The van der Waals surface area contributed by atoms with Crippen LogP contribution in [0.4, 0.5) is 48.5 Å². The molecule has 0 aliphatic rings. The number of hydrogen-bond donors (Lipinski definition) is 3. The number of urea groups is 1. The normalized spacial score (nSPS) is 11.8. The van der Waals surface area contributed by atoms with Gasteiger partial charge >= 0.3 is 18.4 Å². The molecule has 1 aromatic carbocycles. The van der Waals surface area contributed by atoms with E-state index in [4.69, 9.17) is 0 Å². The van der Waals surface area contributed by atoms with Gasteiger partial charge < -0.3 is 20.9 Å². The molecule has 0 spiro atoms. The minimum absolute atomic E-state index is 0.0152. The monoisotopic (exact) mass is 450 g/mol. The number of alkyl halides is 6. The number of nitrogens with zero attached hydrogens (tertiary/aromatic N) is 3. The zero-order valence-electron chi connectivity index (χ0n) is 16.7. The summed E-state index contributed by atoms with van der Waals surface area (Å²) in [5, 5.41) is 7.27. The average Bonchev–Trinajstić information content (AvgIpc) is 2.63. The molecule has 0 bridgehead atoms. The molecular weight excluding hydrogens is 430 g/mol. The highest BCUT2D eigenvalue weighted by Crippen LogP contribution is 2.37. The Morgan fingerprint density at radius 3 is 2.03 bits per heavy atom. The molecule has 0 aliphatic heterocycles. The minimum atomic E-state index is -5.00. The maximum absolute atomic E-state index is 12.9. The van der Waals surface area contributed by atoms with Crippen LogP contribution in [0.25, 0.3) is 0 Å². The fraction of sp³-hybridized carbons (Fsp3) is 0.389. The van der Waals surface area contributed by atoms with Gasteiger partial charge in [0.2, 0.25) is 0 Å². The molecule has 1 aromatic heterocycles. The van der Waals surface area contributed by atoms with Gasteiger partial charge in [0.15, 0.2) is 0 Å². The number of hydrogen-bond acceptors (Lipinski definition) is 5. The summed E-state index contributed by atoms with van der Waals surface area (Å²) in [6.07, 6.45) is -10.0. The molecule has 0 saturated heterocycles. The van der Waals surface area contributed by atoms with Crippen LogP contribution >= 0.6 is 0 Å². The van der Waals surface area contributed by atoms with Crippen molar-refractivity contribution in [2.45, 2.75) is 19.3 Å². The summed E-state index contributed by atoms with van der Waals surface area (Å²) < 4.78 is 77.2. The van der Waals surface area contributed by atoms with E-state index < -0.39 is 35.2 Å². The van der Waals surface area contributed by atoms with E-state index in [2.05, 4.69) is 20.6 Å². The quantitative estimate of drug-likeness (QED) is 0.456. The second-order valence-electron chi connectivity index (χ2n) is 6.66. The van der Waals surface area contributed by atoms with Crippen LogP contribution in [0.3, 0.4) is 0 Å². The molecule has 3 N–H and O–H groups in total. The van der Waals surface area contributed by atoms with E-state index in [9.17, 15) is 31.1 Å². The van der Waals surface area contributed by atoms with Crippen molar-refractivity contribution in [3.8, 4) is 0 Å². The predicted molar refractivity (Wildman–Crippen MR) is 103 cm³/mol. The number of carbonyl (C=O) groups is 1. The van der Waals surface area contributed by atoms with Crippen molar-refractivity contribution in [1.82, 2.24) is 15.3 Å². The van der Waals surface area contributed by atoms with E-state index in [1.807, 2.05) is 5.32 Å². The van der Waals surface area contributed by atoms with Gasteiger partial charge in [-0.05, 0) is 25.1 Å². The first-order chi connectivity index (χ1) is 14.3. The minimum Gasteiger partial charge on any atom is -0.368 e. The first kappa shape index (κ1) is 24.0. The summed E-state index contributed by atoms with van der Waals surface area (Å²) in [6, 6.07) is 1.56. The number of anilines is 3. The largest absolute Gasteiger partial charge is 0.416 e. The molecule has 0 atom stereocenters. The first-order valence-electron chi connectivity index (χ1n) is 8.87. The molecule has 0 unspecified atom stereocenters. The molecule has 2 rings (SSSR count). The molecule has 7 nitrogen and oxygen atoms in total. The summed E-state index contributed by atoms with van der Waals surface area (Å²) in [7, 11) is 3.60. The van der Waals surface area contributed by atoms with E-state index >= 15 is 0 Å². The van der Waals surface area contributed by atoms with Gasteiger partial charge in [-0.25, -0.2) is 14.8 Å². The lowest BCUT2D eigenvalue weighted by Gasteiger charge is -2.15. The predicted octanol–water partition coefficient (Wildman–Crippen LogP) is 4.12. The summed E-state index contributed by atoms with van der Waals surface area (Å²) in [4.78, 5) is 22.1. The number of carbonyl (C=O) groups excluding carboxylic acids is 1. The third-order valence-corrected chi connectivity index (χ3v) is 3.84. The molecular formula is C18H20F6N6O. The van der Waals surface area contributed by atoms with Crippen LogP contribution in [0, 0.1) is 6.92 Å². The number of aromatic nitrogens is 2. The zero-order chi connectivity index (χ0) is 23.4. The lowest BCUT2D eigenvalue weighted by atomic mass is 10.1. The Bertz CT molecular complexity index is 896. The number of amides is 2. The van der Waals surface area contributed by atoms with Crippen LogP contribution < -0.4 is 20.9 Å². The van der Waals surface area contributed by atoms with E-state index in [0.29, 0.717) is 29.6 Å². The Morgan fingerprint density at radius 2 is 1.52 bits per heavy atom. The first-order valence-corrected chi connectivity index (χ1v) is 8.87. The Kier molecular flexibility index (Phi) is 7.18. The molecule has 31 heavy (non-hydrogen) atoms. The topological polar surface area (TPSA) is 82.2 Å². The average molecular weight is 450 g/mol. The molecule has 2 aromatic rings. The van der Waals surface area contributed by atoms with Gasteiger partial charge in [-0.15, -0.1) is 0 Å². The maximum atomic E-state index is 12.9. The van der Waals surface area contributed by atoms with Crippen molar-refractivity contribution < 1.29 is 31.1 Å². The Labute approximate surface area is 173 Å². The van der Waals surface area contributed by atoms with Crippen LogP contribution in [-0.4, -0.2) is 43.2 Å². The third kappa shape index (κ3) is 7.19. The second-order valence-corrected chi connectivity index (χ2v) is 6.66. The second kappa shape index (κ2) is 9.27. The highest BCUT2D eigenvalue weighted by Gasteiger charge is 2.37. The third-order valence-electron chi connectivity index (χ3n) is 3.84. The van der Waals surface area contributed by atoms with Crippen LogP contribution in [0.1, 0.15) is 17.0 Å². The van der Waals surface area contributed by atoms with Crippen LogP contribution in [0.2, 0.25) is 0 Å². The van der Waals surface area contributed by atoms with Crippen LogP contribution in [-0.2, 0) is 12.4 Å². The van der Waals surface area contributed by atoms with Crippen molar-refractivity contribution in [3.63, 3.8) is 0 Å². The van der Waals surface area contributed by atoms with Crippen molar-refractivity contribution in [1.29, 1.82) is 0 Å². The lowest BCUT2D eigenvalue weighted by Crippen LogP contribution is -2.33. The molecule has 0 fully saturated rings. The summed E-state index contributed by atoms with van der Waals surface area (Å²) in [5.74, 6) is 1.67. The van der Waals surface area contributed by atoms with Gasteiger partial charge in [0.25, 0.3) is 0 Å². The summed E-state index contributed by atoms with van der Waals surface area (Å²) in [5.41, 5.74) is -3.67. The highest BCUT2D eigenvalue weighted by molar-refractivity contribution is 5.89. The number of rotatable bonds is 6. The smallest absolute Gasteiger partial charge is 0.368 e. The SMILES string of the molecule is Cc1nc(NCCNC(=O)Nc2cc(C(F)(F)F)cc(C(F)(F)F)c2)cc(N(C)C)n1. The molecule has 1 heterocycles. The van der Waals surface area contributed by atoms with Crippen molar-refractivity contribution in [3.05, 3.63) is 41.2 Å². The fourth-order valence-corrected chi connectivity index (χ4v) is 2.44. The number of benzene rings is 1. The van der Waals surface area contributed by atoms with Crippen LogP contribution in [0.5, 0.6) is 0 Å². The number of nitrogens with one attached hydrogen (secondary N) is 3. The van der Waals surface area contributed by atoms with Crippen molar-refractivity contribution in [2.24, 2.45) is 0 Å².